The van der Waals surface area contributed by atoms with E-state index in [-0.39, 0.29) is 12.2 Å². The van der Waals surface area contributed by atoms with Crippen LogP contribution in [0.5, 0.6) is 5.75 Å². The van der Waals surface area contributed by atoms with Crippen molar-refractivity contribution >= 4 is 16.9 Å². The monoisotopic (exact) mass is 347 g/mol. The summed E-state index contributed by atoms with van der Waals surface area (Å²) in [6.45, 7) is 0.108. The molecular formula is C18H12F3NO3. The molecule has 0 fully saturated rings. The number of fused-ring (bicyclic) bond motifs is 1. The molecule has 1 aromatic heterocycles. The lowest BCUT2D eigenvalue weighted by molar-refractivity contribution is -0.137. The number of carboxylic acids is 1. The Labute approximate surface area is 140 Å². The first-order valence-electron chi connectivity index (χ1n) is 7.25. The Morgan fingerprint density at radius 3 is 2.44 bits per heavy atom. The van der Waals surface area contributed by atoms with E-state index in [4.69, 9.17) is 9.84 Å². The molecule has 1 heterocycles. The highest BCUT2D eigenvalue weighted by molar-refractivity contribution is 5.92. The first kappa shape index (κ1) is 16.8. The highest BCUT2D eigenvalue weighted by Gasteiger charge is 2.29. The van der Waals surface area contributed by atoms with E-state index in [0.717, 1.165) is 12.1 Å². The number of ether oxygens (including phenoxy) is 1. The third-order valence-corrected chi connectivity index (χ3v) is 3.59. The third kappa shape index (κ3) is 3.88. The number of pyridine rings is 1. The predicted octanol–water partition coefficient (Wildman–Crippen LogP) is 4.53. The number of alkyl halides is 3. The van der Waals surface area contributed by atoms with E-state index in [1.54, 1.807) is 18.2 Å². The van der Waals surface area contributed by atoms with E-state index < -0.39 is 17.7 Å². The Bertz CT molecular complexity index is 921. The van der Waals surface area contributed by atoms with E-state index in [1.807, 2.05) is 0 Å². The molecule has 7 heteroatoms. The fourth-order valence-electron chi connectivity index (χ4n) is 2.26. The second kappa shape index (κ2) is 6.43. The minimum Gasteiger partial charge on any atom is -0.489 e. The van der Waals surface area contributed by atoms with Crippen LogP contribution in [0.25, 0.3) is 10.9 Å². The second-order valence-corrected chi connectivity index (χ2v) is 5.37. The minimum absolute atomic E-state index is 0.0888. The zero-order valence-corrected chi connectivity index (χ0v) is 12.7. The summed E-state index contributed by atoms with van der Waals surface area (Å²) in [5, 5.41) is 9.60. The third-order valence-electron chi connectivity index (χ3n) is 3.59. The van der Waals surface area contributed by atoms with Crippen LogP contribution in [0.1, 0.15) is 21.5 Å². The van der Waals surface area contributed by atoms with Crippen molar-refractivity contribution in [2.75, 3.05) is 0 Å². The molecule has 0 bridgehead atoms. The summed E-state index contributed by atoms with van der Waals surface area (Å²) in [6.07, 6.45) is -3.11. The van der Waals surface area contributed by atoms with E-state index >= 15 is 0 Å². The molecule has 128 valence electrons. The Morgan fingerprint density at radius 1 is 1.08 bits per heavy atom. The Kier molecular flexibility index (Phi) is 4.31. The average molecular weight is 347 g/mol. The summed E-state index contributed by atoms with van der Waals surface area (Å²) in [7, 11) is 0. The van der Waals surface area contributed by atoms with Crippen LogP contribution in [0, 0.1) is 0 Å². The van der Waals surface area contributed by atoms with Gasteiger partial charge in [-0.15, -0.1) is 0 Å². The van der Waals surface area contributed by atoms with E-state index in [0.29, 0.717) is 22.2 Å². The van der Waals surface area contributed by atoms with E-state index in [2.05, 4.69) is 4.98 Å². The largest absolute Gasteiger partial charge is 0.489 e. The van der Waals surface area contributed by atoms with Crippen molar-refractivity contribution < 1.29 is 27.8 Å². The lowest BCUT2D eigenvalue weighted by Crippen LogP contribution is -2.05. The molecule has 2 aromatic carbocycles. The molecule has 0 saturated heterocycles. The van der Waals surface area contributed by atoms with E-state index in [9.17, 15) is 18.0 Å². The van der Waals surface area contributed by atoms with Crippen LogP contribution in [-0.2, 0) is 12.8 Å². The molecule has 0 aliphatic heterocycles. The van der Waals surface area contributed by atoms with Crippen LogP contribution in [0.2, 0.25) is 0 Å². The molecule has 0 aliphatic carbocycles. The van der Waals surface area contributed by atoms with Crippen molar-refractivity contribution in [3.63, 3.8) is 0 Å². The zero-order valence-electron chi connectivity index (χ0n) is 12.7. The van der Waals surface area contributed by atoms with Gasteiger partial charge in [0, 0.05) is 17.6 Å². The topological polar surface area (TPSA) is 59.4 Å². The van der Waals surface area contributed by atoms with Gasteiger partial charge < -0.3 is 9.84 Å². The molecule has 3 aromatic rings. The summed E-state index contributed by atoms with van der Waals surface area (Å²) in [5.74, 6) is -0.569. The van der Waals surface area contributed by atoms with Gasteiger partial charge in [0.1, 0.15) is 12.4 Å². The van der Waals surface area contributed by atoms with Crippen molar-refractivity contribution in [2.24, 2.45) is 0 Å². The van der Waals surface area contributed by atoms with Gasteiger partial charge in [-0.3, -0.25) is 4.98 Å². The van der Waals surface area contributed by atoms with Crippen molar-refractivity contribution in [1.82, 2.24) is 4.98 Å². The summed E-state index contributed by atoms with van der Waals surface area (Å²) in [5.41, 5.74) is 0.545. The van der Waals surface area contributed by atoms with Crippen LogP contribution in [0.3, 0.4) is 0 Å². The zero-order chi connectivity index (χ0) is 18.0. The van der Waals surface area contributed by atoms with Gasteiger partial charge in [0.2, 0.25) is 0 Å². The Balaban J connectivity index is 1.73. The Morgan fingerprint density at radius 2 is 1.80 bits per heavy atom. The van der Waals surface area contributed by atoms with Crippen molar-refractivity contribution in [3.05, 3.63) is 71.4 Å². The van der Waals surface area contributed by atoms with Gasteiger partial charge in [-0.1, -0.05) is 12.1 Å². The molecular weight excluding hydrogens is 335 g/mol. The van der Waals surface area contributed by atoms with Gasteiger partial charge in [0.15, 0.2) is 0 Å². The van der Waals surface area contributed by atoms with Gasteiger partial charge >= 0.3 is 12.1 Å². The van der Waals surface area contributed by atoms with Crippen molar-refractivity contribution in [2.45, 2.75) is 12.8 Å². The molecule has 0 radical (unpaired) electrons. The van der Waals surface area contributed by atoms with Crippen molar-refractivity contribution in [3.8, 4) is 5.75 Å². The lowest BCUT2D eigenvalue weighted by Gasteiger charge is -2.09. The number of carbonyl (C=O) groups is 1. The number of benzene rings is 2. The molecule has 0 spiro atoms. The number of carboxylic acid groups (broad SMARTS) is 1. The predicted molar refractivity (Wildman–Crippen MR) is 84.5 cm³/mol. The molecule has 0 amide bonds. The number of halogens is 3. The molecule has 0 aliphatic rings. The average Bonchev–Trinajstić information content (AvgIpc) is 2.59. The van der Waals surface area contributed by atoms with Crippen LogP contribution >= 0.6 is 0 Å². The molecule has 1 N–H and O–H groups in total. The number of aromatic carboxylic acids is 1. The summed E-state index contributed by atoms with van der Waals surface area (Å²) in [4.78, 5) is 15.0. The molecule has 3 rings (SSSR count). The number of hydrogen-bond acceptors (Lipinski definition) is 3. The summed E-state index contributed by atoms with van der Waals surface area (Å²) in [6, 6.07) is 11.2. The van der Waals surface area contributed by atoms with Crippen LogP contribution < -0.4 is 4.74 Å². The van der Waals surface area contributed by atoms with Gasteiger partial charge in [-0.2, -0.15) is 13.2 Å². The molecule has 0 atom stereocenters. The normalized spacial score (nSPS) is 11.5. The van der Waals surface area contributed by atoms with Crippen LogP contribution in [0.4, 0.5) is 13.2 Å². The smallest absolute Gasteiger partial charge is 0.416 e. The molecule has 4 nitrogen and oxygen atoms in total. The highest BCUT2D eigenvalue weighted by Crippen LogP contribution is 2.29. The maximum atomic E-state index is 12.5. The summed E-state index contributed by atoms with van der Waals surface area (Å²) < 4.78 is 43.1. The molecule has 0 saturated carbocycles. The molecule has 25 heavy (non-hydrogen) atoms. The highest BCUT2D eigenvalue weighted by atomic mass is 19.4. The standard InChI is InChI=1S/C18H12F3NO3/c19-18(20,21)14-4-1-11(2-5-14)10-25-15-6-3-12-7-13(17(23)24)9-22-16(12)8-15/h1-9H,10H2,(H,23,24). The number of nitrogens with zero attached hydrogens (tertiary/aromatic N) is 1. The first-order chi connectivity index (χ1) is 11.8. The fraction of sp³-hybridized carbons (Fsp3) is 0.111. The number of aromatic nitrogens is 1. The maximum absolute atomic E-state index is 12.5. The minimum atomic E-state index is -4.36. The SMILES string of the molecule is O=C(O)c1cnc2cc(OCc3ccc(C(F)(F)F)cc3)ccc2c1. The van der Waals surface area contributed by atoms with Crippen LogP contribution in [-0.4, -0.2) is 16.1 Å². The first-order valence-corrected chi connectivity index (χ1v) is 7.25. The lowest BCUT2D eigenvalue weighted by atomic mass is 10.1. The number of rotatable bonds is 4. The summed E-state index contributed by atoms with van der Waals surface area (Å²) >= 11 is 0. The van der Waals surface area contributed by atoms with Crippen molar-refractivity contribution in [1.29, 1.82) is 0 Å². The molecule has 0 unspecified atom stereocenters. The quantitative estimate of drug-likeness (QED) is 0.753. The van der Waals surface area contributed by atoms with Gasteiger partial charge in [0.05, 0.1) is 16.6 Å². The van der Waals surface area contributed by atoms with E-state index in [1.165, 1.54) is 24.4 Å². The van der Waals surface area contributed by atoms with Gasteiger partial charge in [0.25, 0.3) is 0 Å². The maximum Gasteiger partial charge on any atom is 0.416 e. The Hall–Kier alpha value is -3.09. The number of hydrogen-bond donors (Lipinski definition) is 1. The van der Waals surface area contributed by atoms with Gasteiger partial charge in [-0.25, -0.2) is 4.79 Å². The fourth-order valence-corrected chi connectivity index (χ4v) is 2.26. The second-order valence-electron chi connectivity index (χ2n) is 5.37. The van der Waals surface area contributed by atoms with Gasteiger partial charge in [-0.05, 0) is 35.9 Å². The van der Waals surface area contributed by atoms with Crippen LogP contribution in [0.15, 0.2) is 54.7 Å².